The fraction of sp³-hybridized carbons (Fsp3) is 0.400. The monoisotopic (exact) mass is 242 g/mol. The number of aliphatic hydroxyl groups is 1. The number of para-hydroxylation sites is 1. The van der Waals surface area contributed by atoms with Crippen molar-refractivity contribution in [3.8, 4) is 5.69 Å². The molecule has 3 nitrogen and oxygen atoms in total. The fourth-order valence-electron chi connectivity index (χ4n) is 2.60. The minimum Gasteiger partial charge on any atom is -0.383 e. The van der Waals surface area contributed by atoms with Crippen molar-refractivity contribution in [2.24, 2.45) is 5.92 Å². The van der Waals surface area contributed by atoms with Crippen LogP contribution in [0, 0.1) is 5.92 Å². The van der Waals surface area contributed by atoms with Crippen LogP contribution in [0.2, 0.25) is 0 Å². The third-order valence-electron chi connectivity index (χ3n) is 3.76. The lowest BCUT2D eigenvalue weighted by molar-refractivity contribution is 0.124. The second kappa shape index (κ2) is 4.25. The minimum absolute atomic E-state index is 0.390. The van der Waals surface area contributed by atoms with E-state index in [1.54, 1.807) is 0 Å². The molecule has 2 unspecified atom stereocenters. The lowest BCUT2D eigenvalue weighted by Crippen LogP contribution is -2.10. The quantitative estimate of drug-likeness (QED) is 0.895. The molecule has 94 valence electrons. The van der Waals surface area contributed by atoms with Crippen molar-refractivity contribution in [2.45, 2.75) is 31.8 Å². The van der Waals surface area contributed by atoms with Gasteiger partial charge >= 0.3 is 0 Å². The first-order chi connectivity index (χ1) is 8.74. The number of hydrogen-bond acceptors (Lipinski definition) is 2. The summed E-state index contributed by atoms with van der Waals surface area (Å²) < 4.78 is 1.83. The van der Waals surface area contributed by atoms with Crippen LogP contribution in [0.5, 0.6) is 0 Å². The summed E-state index contributed by atoms with van der Waals surface area (Å²) in [6.45, 7) is 2.15. The second-order valence-corrected chi connectivity index (χ2v) is 5.10. The average Bonchev–Trinajstić information content (AvgIpc) is 2.86. The molecule has 1 aromatic carbocycles. The fourth-order valence-corrected chi connectivity index (χ4v) is 2.60. The Labute approximate surface area is 107 Å². The van der Waals surface area contributed by atoms with Gasteiger partial charge in [-0.1, -0.05) is 31.5 Å². The van der Waals surface area contributed by atoms with Crippen LogP contribution in [0.25, 0.3) is 5.69 Å². The molecule has 1 aromatic heterocycles. The largest absolute Gasteiger partial charge is 0.383 e. The highest BCUT2D eigenvalue weighted by molar-refractivity contribution is 5.32. The van der Waals surface area contributed by atoms with Gasteiger partial charge in [-0.25, -0.2) is 4.68 Å². The molecule has 0 bridgehead atoms. The van der Waals surface area contributed by atoms with Gasteiger partial charge in [0.15, 0.2) is 0 Å². The molecule has 3 heteroatoms. The summed E-state index contributed by atoms with van der Waals surface area (Å²) in [6, 6.07) is 11.9. The van der Waals surface area contributed by atoms with Crippen molar-refractivity contribution >= 4 is 0 Å². The van der Waals surface area contributed by atoms with Crippen LogP contribution >= 0.6 is 0 Å². The first-order valence-corrected chi connectivity index (χ1v) is 6.58. The Bertz CT molecular complexity index is 534. The molecule has 18 heavy (non-hydrogen) atoms. The van der Waals surface area contributed by atoms with Crippen LogP contribution in [0.4, 0.5) is 0 Å². The zero-order valence-corrected chi connectivity index (χ0v) is 10.6. The molecular formula is C15H18N2O. The highest BCUT2D eigenvalue weighted by Gasteiger charge is 2.54. The van der Waals surface area contributed by atoms with E-state index >= 15 is 0 Å². The van der Waals surface area contributed by atoms with Crippen LogP contribution in [-0.2, 0) is 5.60 Å². The number of rotatable bonds is 4. The average molecular weight is 242 g/mol. The van der Waals surface area contributed by atoms with E-state index in [2.05, 4.69) is 12.0 Å². The van der Waals surface area contributed by atoms with Crippen LogP contribution in [0.3, 0.4) is 0 Å². The zero-order chi connectivity index (χ0) is 12.6. The molecule has 0 amide bonds. The van der Waals surface area contributed by atoms with E-state index in [0.29, 0.717) is 5.92 Å². The lowest BCUT2D eigenvalue weighted by atomic mass is 10.1. The van der Waals surface area contributed by atoms with E-state index in [1.807, 2.05) is 47.3 Å². The third-order valence-corrected chi connectivity index (χ3v) is 3.76. The third kappa shape index (κ3) is 1.85. The van der Waals surface area contributed by atoms with Gasteiger partial charge in [0.25, 0.3) is 0 Å². The van der Waals surface area contributed by atoms with Crippen molar-refractivity contribution in [3.63, 3.8) is 0 Å². The Hall–Kier alpha value is -1.61. The summed E-state index contributed by atoms with van der Waals surface area (Å²) in [5, 5.41) is 15.0. The highest BCUT2D eigenvalue weighted by Crippen LogP contribution is 2.53. The SMILES string of the molecule is CCCC1CC1(O)c1ccn(-c2ccccc2)n1. The van der Waals surface area contributed by atoms with Gasteiger partial charge in [-0.15, -0.1) is 0 Å². The van der Waals surface area contributed by atoms with E-state index in [0.717, 1.165) is 30.6 Å². The van der Waals surface area contributed by atoms with Crippen molar-refractivity contribution in [3.05, 3.63) is 48.3 Å². The Balaban J connectivity index is 1.83. The molecule has 1 heterocycles. The first kappa shape index (κ1) is 11.5. The lowest BCUT2D eigenvalue weighted by Gasteiger charge is -2.06. The predicted octanol–water partition coefficient (Wildman–Crippen LogP) is 2.88. The van der Waals surface area contributed by atoms with E-state index in [4.69, 9.17) is 0 Å². The number of nitrogens with zero attached hydrogens (tertiary/aromatic N) is 2. The van der Waals surface area contributed by atoms with Gasteiger partial charge in [-0.2, -0.15) is 5.10 Å². The van der Waals surface area contributed by atoms with Crippen molar-refractivity contribution in [1.82, 2.24) is 9.78 Å². The van der Waals surface area contributed by atoms with Gasteiger partial charge in [0.2, 0.25) is 0 Å². The Morgan fingerprint density at radius 1 is 1.33 bits per heavy atom. The highest BCUT2D eigenvalue weighted by atomic mass is 16.3. The molecule has 1 fully saturated rings. The van der Waals surface area contributed by atoms with Crippen molar-refractivity contribution in [2.75, 3.05) is 0 Å². The second-order valence-electron chi connectivity index (χ2n) is 5.10. The van der Waals surface area contributed by atoms with Gasteiger partial charge in [-0.3, -0.25) is 0 Å². The van der Waals surface area contributed by atoms with E-state index in [9.17, 15) is 5.11 Å². The van der Waals surface area contributed by atoms with Crippen molar-refractivity contribution < 1.29 is 5.11 Å². The number of hydrogen-bond donors (Lipinski definition) is 1. The van der Waals surface area contributed by atoms with Gasteiger partial charge in [-0.05, 0) is 37.0 Å². The van der Waals surface area contributed by atoms with Gasteiger partial charge in [0.05, 0.1) is 11.4 Å². The molecule has 0 spiro atoms. The van der Waals surface area contributed by atoms with E-state index in [-0.39, 0.29) is 0 Å². The molecule has 1 aliphatic carbocycles. The molecule has 0 saturated heterocycles. The normalized spacial score (nSPS) is 26.2. The van der Waals surface area contributed by atoms with Crippen LogP contribution in [0.15, 0.2) is 42.6 Å². The smallest absolute Gasteiger partial charge is 0.112 e. The summed E-state index contributed by atoms with van der Waals surface area (Å²) in [5.74, 6) is 0.390. The van der Waals surface area contributed by atoms with Gasteiger partial charge < -0.3 is 5.11 Å². The van der Waals surface area contributed by atoms with Gasteiger partial charge in [0.1, 0.15) is 5.60 Å². The van der Waals surface area contributed by atoms with Crippen molar-refractivity contribution in [1.29, 1.82) is 0 Å². The maximum Gasteiger partial charge on any atom is 0.112 e. The van der Waals surface area contributed by atoms with Gasteiger partial charge in [0, 0.05) is 6.20 Å². The number of benzene rings is 1. The van der Waals surface area contributed by atoms with E-state index < -0.39 is 5.60 Å². The molecule has 1 N–H and O–H groups in total. The minimum atomic E-state index is -0.671. The van der Waals surface area contributed by atoms with Crippen LogP contribution in [0.1, 0.15) is 31.9 Å². The van der Waals surface area contributed by atoms with Crippen LogP contribution in [-0.4, -0.2) is 14.9 Å². The zero-order valence-electron chi connectivity index (χ0n) is 10.6. The standard InChI is InChI=1S/C15H18N2O/c1-2-6-12-11-15(12,18)14-9-10-17(16-14)13-7-4-3-5-8-13/h3-5,7-10,12,18H,2,6,11H2,1H3. The molecular weight excluding hydrogens is 224 g/mol. The molecule has 2 aromatic rings. The molecule has 0 aliphatic heterocycles. The molecule has 0 radical (unpaired) electrons. The molecule has 1 saturated carbocycles. The van der Waals surface area contributed by atoms with E-state index in [1.165, 1.54) is 0 Å². The topological polar surface area (TPSA) is 38.0 Å². The Kier molecular flexibility index (Phi) is 2.71. The molecule has 1 aliphatic rings. The Morgan fingerprint density at radius 2 is 2.11 bits per heavy atom. The maximum atomic E-state index is 10.5. The summed E-state index contributed by atoms with van der Waals surface area (Å²) in [5.41, 5.74) is 1.17. The van der Waals surface area contributed by atoms with Crippen LogP contribution < -0.4 is 0 Å². The Morgan fingerprint density at radius 3 is 2.83 bits per heavy atom. The summed E-state index contributed by atoms with van der Waals surface area (Å²) in [6.07, 6.45) is 4.97. The first-order valence-electron chi connectivity index (χ1n) is 6.58. The maximum absolute atomic E-state index is 10.5. The predicted molar refractivity (Wildman–Crippen MR) is 70.5 cm³/mol. The summed E-state index contributed by atoms with van der Waals surface area (Å²) in [7, 11) is 0. The molecule has 2 atom stereocenters. The summed E-state index contributed by atoms with van der Waals surface area (Å²) >= 11 is 0. The summed E-state index contributed by atoms with van der Waals surface area (Å²) in [4.78, 5) is 0. The molecule has 3 rings (SSSR count). The number of aromatic nitrogens is 2.